The Morgan fingerprint density at radius 2 is 1.94 bits per heavy atom. The molecule has 2 N–H and O–H groups in total. The SMILES string of the molecule is CCCn1c(CCC(=O)NNC(=O)c2ccco2)nc2cc(S(=O)(=O)N3CCCC3)ccc21. The third kappa shape index (κ3) is 4.93. The molecule has 10 nitrogen and oxygen atoms in total. The minimum absolute atomic E-state index is 0.0970. The number of nitrogens with zero attached hydrogens (tertiary/aromatic N) is 3. The third-order valence-electron chi connectivity index (χ3n) is 5.58. The lowest BCUT2D eigenvalue weighted by Gasteiger charge is -2.15. The molecule has 0 aliphatic carbocycles. The number of carbonyl (C=O) groups is 2. The number of imidazole rings is 1. The number of rotatable bonds is 8. The Bertz CT molecular complexity index is 1240. The van der Waals surface area contributed by atoms with Gasteiger partial charge in [-0.2, -0.15) is 4.31 Å². The van der Waals surface area contributed by atoms with Crippen molar-refractivity contribution in [3.8, 4) is 0 Å². The fraction of sp³-hybridized carbons (Fsp3) is 0.409. The van der Waals surface area contributed by atoms with Crippen LogP contribution in [0.25, 0.3) is 11.0 Å². The second kappa shape index (κ2) is 9.75. The number of benzene rings is 1. The molecular formula is C22H27N5O5S. The summed E-state index contributed by atoms with van der Waals surface area (Å²) in [6.45, 7) is 3.82. The minimum Gasteiger partial charge on any atom is -0.459 e. The van der Waals surface area contributed by atoms with Gasteiger partial charge < -0.3 is 8.98 Å². The number of sulfonamides is 1. The molecule has 0 radical (unpaired) electrons. The molecule has 2 amide bonds. The molecule has 2 aromatic heterocycles. The predicted octanol–water partition coefficient (Wildman–Crippen LogP) is 2.22. The third-order valence-corrected chi connectivity index (χ3v) is 7.48. The van der Waals surface area contributed by atoms with Crippen LogP contribution in [0, 0.1) is 0 Å². The lowest BCUT2D eigenvalue weighted by molar-refractivity contribution is -0.121. The Labute approximate surface area is 192 Å². The molecule has 0 bridgehead atoms. The molecule has 176 valence electrons. The highest BCUT2D eigenvalue weighted by molar-refractivity contribution is 7.89. The highest BCUT2D eigenvalue weighted by Crippen LogP contribution is 2.25. The molecule has 1 aromatic carbocycles. The second-order valence-corrected chi connectivity index (χ2v) is 9.86. The highest BCUT2D eigenvalue weighted by Gasteiger charge is 2.28. The van der Waals surface area contributed by atoms with Crippen molar-refractivity contribution in [2.45, 2.75) is 50.5 Å². The van der Waals surface area contributed by atoms with Gasteiger partial charge in [0.2, 0.25) is 15.9 Å². The van der Waals surface area contributed by atoms with Gasteiger partial charge in [-0.1, -0.05) is 6.92 Å². The van der Waals surface area contributed by atoms with Crippen LogP contribution in [0.2, 0.25) is 0 Å². The van der Waals surface area contributed by atoms with E-state index in [-0.39, 0.29) is 23.0 Å². The van der Waals surface area contributed by atoms with Crippen LogP contribution in [0.4, 0.5) is 0 Å². The van der Waals surface area contributed by atoms with Gasteiger partial charge in [0.15, 0.2) is 5.76 Å². The molecule has 1 fully saturated rings. The summed E-state index contributed by atoms with van der Waals surface area (Å²) in [5, 5.41) is 0. The van der Waals surface area contributed by atoms with E-state index < -0.39 is 15.9 Å². The van der Waals surface area contributed by atoms with Crippen molar-refractivity contribution in [2.75, 3.05) is 13.1 Å². The summed E-state index contributed by atoms with van der Waals surface area (Å²) in [5.41, 5.74) is 6.09. The predicted molar refractivity (Wildman–Crippen MR) is 121 cm³/mol. The zero-order valence-electron chi connectivity index (χ0n) is 18.4. The van der Waals surface area contributed by atoms with E-state index in [1.54, 1.807) is 24.3 Å². The number of nitrogens with one attached hydrogen (secondary N) is 2. The van der Waals surface area contributed by atoms with E-state index in [0.29, 0.717) is 37.4 Å². The van der Waals surface area contributed by atoms with Gasteiger partial charge in [0.1, 0.15) is 5.82 Å². The molecule has 3 heterocycles. The van der Waals surface area contributed by atoms with Crippen LogP contribution in [0.3, 0.4) is 0 Å². The van der Waals surface area contributed by atoms with Gasteiger partial charge in [-0.15, -0.1) is 0 Å². The molecule has 0 atom stereocenters. The maximum atomic E-state index is 12.9. The lowest BCUT2D eigenvalue weighted by Crippen LogP contribution is -2.41. The summed E-state index contributed by atoms with van der Waals surface area (Å²) in [7, 11) is -3.53. The monoisotopic (exact) mass is 473 g/mol. The first-order valence-electron chi connectivity index (χ1n) is 11.0. The first-order chi connectivity index (χ1) is 15.9. The molecule has 0 saturated carbocycles. The fourth-order valence-corrected chi connectivity index (χ4v) is 5.48. The van der Waals surface area contributed by atoms with Crippen molar-refractivity contribution in [1.29, 1.82) is 0 Å². The van der Waals surface area contributed by atoms with Gasteiger partial charge in [0.25, 0.3) is 0 Å². The highest BCUT2D eigenvalue weighted by atomic mass is 32.2. The van der Waals surface area contributed by atoms with Gasteiger partial charge in [-0.25, -0.2) is 13.4 Å². The topological polar surface area (TPSA) is 127 Å². The lowest BCUT2D eigenvalue weighted by atomic mass is 10.2. The standard InChI is InChI=1S/C22H27N5O5S/c1-2-11-27-18-8-7-16(33(30,31)26-12-3-4-13-26)15-17(18)23-20(27)9-10-21(28)24-25-22(29)19-6-5-14-32-19/h5-8,14-15H,2-4,9-13H2,1H3,(H,24,28)(H,25,29). The summed E-state index contributed by atoms with van der Waals surface area (Å²) in [6, 6.07) is 8.10. The maximum Gasteiger partial charge on any atom is 0.305 e. The smallest absolute Gasteiger partial charge is 0.305 e. The number of furan rings is 1. The average Bonchev–Trinajstić information content (AvgIpc) is 3.57. The second-order valence-electron chi connectivity index (χ2n) is 7.92. The quantitative estimate of drug-likeness (QED) is 0.483. The zero-order valence-corrected chi connectivity index (χ0v) is 19.2. The summed E-state index contributed by atoms with van der Waals surface area (Å²) in [4.78, 5) is 29.0. The van der Waals surface area contributed by atoms with Crippen molar-refractivity contribution in [3.63, 3.8) is 0 Å². The molecular weight excluding hydrogens is 446 g/mol. The Morgan fingerprint density at radius 1 is 1.15 bits per heavy atom. The van der Waals surface area contributed by atoms with Crippen LogP contribution in [0.5, 0.6) is 0 Å². The van der Waals surface area contributed by atoms with Gasteiger partial charge >= 0.3 is 5.91 Å². The van der Waals surface area contributed by atoms with Gasteiger partial charge in [-0.05, 0) is 49.6 Å². The van der Waals surface area contributed by atoms with Gasteiger partial charge in [0.05, 0.1) is 22.2 Å². The molecule has 4 rings (SSSR count). The van der Waals surface area contributed by atoms with E-state index in [1.165, 1.54) is 16.6 Å². The van der Waals surface area contributed by atoms with Crippen molar-refractivity contribution < 1.29 is 22.4 Å². The van der Waals surface area contributed by atoms with E-state index in [4.69, 9.17) is 4.42 Å². The Kier molecular flexibility index (Phi) is 6.80. The van der Waals surface area contributed by atoms with Crippen LogP contribution >= 0.6 is 0 Å². The number of aromatic nitrogens is 2. The first kappa shape index (κ1) is 23.0. The van der Waals surface area contributed by atoms with E-state index in [1.807, 2.05) is 11.5 Å². The van der Waals surface area contributed by atoms with E-state index in [0.717, 1.165) is 24.8 Å². The fourth-order valence-electron chi connectivity index (χ4n) is 3.95. The molecule has 3 aromatic rings. The van der Waals surface area contributed by atoms with E-state index in [2.05, 4.69) is 15.8 Å². The van der Waals surface area contributed by atoms with Crippen LogP contribution < -0.4 is 10.9 Å². The number of fused-ring (bicyclic) bond motifs is 1. The summed E-state index contributed by atoms with van der Waals surface area (Å²) in [5.74, 6) is -0.129. The molecule has 11 heteroatoms. The number of hydrogen-bond donors (Lipinski definition) is 2. The van der Waals surface area contributed by atoms with Crippen LogP contribution in [0.1, 0.15) is 49.0 Å². The molecule has 0 spiro atoms. The van der Waals surface area contributed by atoms with E-state index in [9.17, 15) is 18.0 Å². The number of hydrogen-bond acceptors (Lipinski definition) is 6. The molecule has 1 aliphatic rings. The minimum atomic E-state index is -3.53. The van der Waals surface area contributed by atoms with Crippen molar-refractivity contribution in [2.24, 2.45) is 0 Å². The largest absolute Gasteiger partial charge is 0.459 e. The molecule has 0 unspecified atom stereocenters. The van der Waals surface area contributed by atoms with Gasteiger partial charge in [-0.3, -0.25) is 20.4 Å². The molecule has 33 heavy (non-hydrogen) atoms. The van der Waals surface area contributed by atoms with Crippen molar-refractivity contribution in [3.05, 3.63) is 48.2 Å². The summed E-state index contributed by atoms with van der Waals surface area (Å²) in [6.07, 6.45) is 4.42. The van der Waals surface area contributed by atoms with Crippen LogP contribution in [-0.2, 0) is 27.8 Å². The maximum absolute atomic E-state index is 12.9. The van der Waals surface area contributed by atoms with Crippen LogP contribution in [-0.4, -0.2) is 47.2 Å². The summed E-state index contributed by atoms with van der Waals surface area (Å²) < 4.78 is 34.3. The molecule has 1 aliphatic heterocycles. The Balaban J connectivity index is 1.47. The summed E-state index contributed by atoms with van der Waals surface area (Å²) >= 11 is 0. The Hall–Kier alpha value is -3.18. The number of carbonyl (C=O) groups excluding carboxylic acids is 2. The van der Waals surface area contributed by atoms with Crippen molar-refractivity contribution >= 4 is 32.9 Å². The number of hydrazine groups is 1. The number of aryl methyl sites for hydroxylation is 2. The molecule has 1 saturated heterocycles. The van der Waals surface area contributed by atoms with Crippen LogP contribution in [0.15, 0.2) is 45.9 Å². The average molecular weight is 474 g/mol. The van der Waals surface area contributed by atoms with Crippen molar-refractivity contribution in [1.82, 2.24) is 24.7 Å². The normalized spacial score (nSPS) is 14.6. The Morgan fingerprint density at radius 3 is 2.64 bits per heavy atom. The zero-order chi connectivity index (χ0) is 23.4. The van der Waals surface area contributed by atoms with E-state index >= 15 is 0 Å². The van der Waals surface area contributed by atoms with Gasteiger partial charge in [0, 0.05) is 32.5 Å². The first-order valence-corrected chi connectivity index (χ1v) is 12.5. The number of amides is 2.